The Kier molecular flexibility index (Phi) is 4.96. The molecule has 21 heavy (non-hydrogen) atoms. The molecule has 2 rings (SSSR count). The van der Waals surface area contributed by atoms with E-state index in [1.807, 2.05) is 45.9 Å². The Hall–Kier alpha value is -1.88. The number of hydrogen-bond acceptors (Lipinski definition) is 4. The minimum atomic E-state index is -0.0795. The Morgan fingerprint density at radius 1 is 1.33 bits per heavy atom. The van der Waals surface area contributed by atoms with Gasteiger partial charge in [-0.1, -0.05) is 27.7 Å². The highest BCUT2D eigenvalue weighted by atomic mass is 16.3. The summed E-state index contributed by atoms with van der Waals surface area (Å²) in [5, 5.41) is 6.09. The van der Waals surface area contributed by atoms with Crippen LogP contribution in [0.15, 0.2) is 22.6 Å². The highest BCUT2D eigenvalue weighted by Gasteiger charge is 2.14. The van der Waals surface area contributed by atoms with E-state index in [-0.39, 0.29) is 17.7 Å². The van der Waals surface area contributed by atoms with Crippen LogP contribution >= 0.6 is 0 Å². The Morgan fingerprint density at radius 2 is 2.10 bits per heavy atom. The molecule has 114 valence electrons. The van der Waals surface area contributed by atoms with Crippen LogP contribution < -0.4 is 10.6 Å². The zero-order valence-corrected chi connectivity index (χ0v) is 13.1. The number of carbonyl (C=O) groups excluding carboxylic acids is 1. The first-order valence-electron chi connectivity index (χ1n) is 7.43. The van der Waals surface area contributed by atoms with Gasteiger partial charge in [0.1, 0.15) is 5.52 Å². The molecule has 0 saturated carbocycles. The third kappa shape index (κ3) is 3.82. The molecular weight excluding hydrogens is 266 g/mol. The minimum absolute atomic E-state index is 0.00266. The summed E-state index contributed by atoms with van der Waals surface area (Å²) in [5.74, 6) is 0.886. The van der Waals surface area contributed by atoms with Gasteiger partial charge in [-0.25, -0.2) is 4.98 Å². The van der Waals surface area contributed by atoms with E-state index in [2.05, 4.69) is 15.6 Å². The minimum Gasteiger partial charge on any atom is -0.440 e. The van der Waals surface area contributed by atoms with Gasteiger partial charge in [0.05, 0.1) is 0 Å². The molecule has 1 aromatic carbocycles. The fraction of sp³-hybridized carbons (Fsp3) is 0.500. The van der Waals surface area contributed by atoms with Crippen molar-refractivity contribution in [3.8, 4) is 0 Å². The number of amides is 1. The molecule has 0 aliphatic heterocycles. The molecule has 1 unspecified atom stereocenters. The van der Waals surface area contributed by atoms with Gasteiger partial charge in [0, 0.05) is 24.1 Å². The van der Waals surface area contributed by atoms with Gasteiger partial charge in [-0.15, -0.1) is 0 Å². The molecule has 0 fully saturated rings. The van der Waals surface area contributed by atoms with Crippen molar-refractivity contribution in [1.82, 2.24) is 10.3 Å². The summed E-state index contributed by atoms with van der Waals surface area (Å²) in [6.45, 7) is 9.54. The molecule has 1 atom stereocenters. The maximum atomic E-state index is 12.1. The molecule has 0 spiro atoms. The average Bonchev–Trinajstić information content (AvgIpc) is 2.88. The predicted molar refractivity (Wildman–Crippen MR) is 84.4 cm³/mol. The van der Waals surface area contributed by atoms with Gasteiger partial charge in [0.2, 0.25) is 5.91 Å². The Bertz CT molecular complexity index is 619. The van der Waals surface area contributed by atoms with E-state index in [4.69, 9.17) is 4.42 Å². The van der Waals surface area contributed by atoms with Crippen molar-refractivity contribution in [2.75, 3.05) is 18.4 Å². The van der Waals surface area contributed by atoms with Crippen molar-refractivity contribution in [3.63, 3.8) is 0 Å². The van der Waals surface area contributed by atoms with E-state index in [1.165, 1.54) is 0 Å². The van der Waals surface area contributed by atoms with Crippen molar-refractivity contribution < 1.29 is 9.21 Å². The van der Waals surface area contributed by atoms with Crippen molar-refractivity contribution in [3.05, 3.63) is 24.1 Å². The van der Waals surface area contributed by atoms with Crippen molar-refractivity contribution in [2.24, 2.45) is 5.92 Å². The highest BCUT2D eigenvalue weighted by Crippen LogP contribution is 2.23. The maximum Gasteiger partial charge on any atom is 0.228 e. The molecule has 1 heterocycles. The van der Waals surface area contributed by atoms with Crippen LogP contribution in [0.4, 0.5) is 5.69 Å². The number of oxazole rings is 1. The summed E-state index contributed by atoms with van der Waals surface area (Å²) in [6.07, 6.45) is 0. The van der Waals surface area contributed by atoms with Crippen LogP contribution in [0.5, 0.6) is 0 Å². The van der Waals surface area contributed by atoms with Gasteiger partial charge >= 0.3 is 0 Å². The number of anilines is 1. The van der Waals surface area contributed by atoms with E-state index in [0.29, 0.717) is 12.4 Å². The van der Waals surface area contributed by atoms with Crippen molar-refractivity contribution in [1.29, 1.82) is 0 Å². The zero-order chi connectivity index (χ0) is 15.4. The van der Waals surface area contributed by atoms with Crippen LogP contribution in [0.3, 0.4) is 0 Å². The van der Waals surface area contributed by atoms with Crippen LogP contribution in [-0.2, 0) is 4.79 Å². The topological polar surface area (TPSA) is 67.2 Å². The fourth-order valence-electron chi connectivity index (χ4n) is 1.99. The molecular formula is C16H23N3O2. The largest absolute Gasteiger partial charge is 0.440 e. The first-order chi connectivity index (χ1) is 10.0. The van der Waals surface area contributed by atoms with Gasteiger partial charge in [-0.2, -0.15) is 0 Å². The van der Waals surface area contributed by atoms with Gasteiger partial charge in [-0.3, -0.25) is 4.79 Å². The SMILES string of the molecule is CCNCC(C)C(=O)Nc1ccc2oc(C(C)C)nc2c1. The van der Waals surface area contributed by atoms with Crippen LogP contribution in [-0.4, -0.2) is 24.0 Å². The lowest BCUT2D eigenvalue weighted by Gasteiger charge is -2.12. The molecule has 0 aliphatic rings. The van der Waals surface area contributed by atoms with Gasteiger partial charge in [0.15, 0.2) is 11.5 Å². The summed E-state index contributed by atoms with van der Waals surface area (Å²) < 4.78 is 5.66. The summed E-state index contributed by atoms with van der Waals surface area (Å²) in [5.41, 5.74) is 2.27. The van der Waals surface area contributed by atoms with E-state index in [1.54, 1.807) is 0 Å². The van der Waals surface area contributed by atoms with E-state index in [9.17, 15) is 4.79 Å². The summed E-state index contributed by atoms with van der Waals surface area (Å²) in [6, 6.07) is 5.54. The average molecular weight is 289 g/mol. The number of nitrogens with one attached hydrogen (secondary N) is 2. The molecule has 2 N–H and O–H groups in total. The maximum absolute atomic E-state index is 12.1. The molecule has 0 bridgehead atoms. The second-order valence-corrected chi connectivity index (χ2v) is 5.59. The van der Waals surface area contributed by atoms with Gasteiger partial charge in [0.25, 0.3) is 0 Å². The quantitative estimate of drug-likeness (QED) is 0.857. The summed E-state index contributed by atoms with van der Waals surface area (Å²) in [7, 11) is 0. The van der Waals surface area contributed by atoms with Crippen molar-refractivity contribution in [2.45, 2.75) is 33.6 Å². The molecule has 0 radical (unpaired) electrons. The van der Waals surface area contributed by atoms with E-state index in [0.717, 1.165) is 23.3 Å². The number of rotatable bonds is 6. The lowest BCUT2D eigenvalue weighted by Crippen LogP contribution is -2.30. The normalized spacial score (nSPS) is 12.8. The number of aromatic nitrogens is 1. The highest BCUT2D eigenvalue weighted by molar-refractivity contribution is 5.94. The molecule has 1 aromatic heterocycles. The third-order valence-corrected chi connectivity index (χ3v) is 3.31. The van der Waals surface area contributed by atoms with E-state index < -0.39 is 0 Å². The Balaban J connectivity index is 2.10. The van der Waals surface area contributed by atoms with Crippen molar-refractivity contribution >= 4 is 22.7 Å². The lowest BCUT2D eigenvalue weighted by molar-refractivity contribution is -0.119. The van der Waals surface area contributed by atoms with Gasteiger partial charge in [-0.05, 0) is 24.7 Å². The molecule has 5 heteroatoms. The predicted octanol–water partition coefficient (Wildman–Crippen LogP) is 3.14. The van der Waals surface area contributed by atoms with Crippen LogP contribution in [0.2, 0.25) is 0 Å². The molecule has 2 aromatic rings. The molecule has 0 saturated heterocycles. The fourth-order valence-corrected chi connectivity index (χ4v) is 1.99. The zero-order valence-electron chi connectivity index (χ0n) is 13.1. The monoisotopic (exact) mass is 289 g/mol. The number of hydrogen-bond donors (Lipinski definition) is 2. The van der Waals surface area contributed by atoms with Gasteiger partial charge < -0.3 is 15.1 Å². The number of carbonyl (C=O) groups is 1. The van der Waals surface area contributed by atoms with Crippen LogP contribution in [0, 0.1) is 5.92 Å². The first kappa shape index (κ1) is 15.5. The van der Waals surface area contributed by atoms with E-state index >= 15 is 0 Å². The lowest BCUT2D eigenvalue weighted by atomic mass is 10.1. The Morgan fingerprint density at radius 3 is 2.76 bits per heavy atom. The number of benzene rings is 1. The van der Waals surface area contributed by atoms with Crippen LogP contribution in [0.1, 0.15) is 39.5 Å². The summed E-state index contributed by atoms with van der Waals surface area (Å²) >= 11 is 0. The molecule has 5 nitrogen and oxygen atoms in total. The second kappa shape index (κ2) is 6.72. The third-order valence-electron chi connectivity index (χ3n) is 3.31. The molecule has 1 amide bonds. The van der Waals surface area contributed by atoms with Crippen LogP contribution in [0.25, 0.3) is 11.1 Å². The summed E-state index contributed by atoms with van der Waals surface area (Å²) in [4.78, 5) is 16.5. The first-order valence-corrected chi connectivity index (χ1v) is 7.43. The number of fused-ring (bicyclic) bond motifs is 1. The molecule has 0 aliphatic carbocycles. The Labute approximate surface area is 125 Å². The smallest absolute Gasteiger partial charge is 0.228 e. The standard InChI is InChI=1S/C16H23N3O2/c1-5-17-9-11(4)15(20)18-12-6-7-14-13(8-12)19-16(21-14)10(2)3/h6-8,10-11,17H,5,9H2,1-4H3,(H,18,20). The second-order valence-electron chi connectivity index (χ2n) is 5.59. The number of nitrogens with zero attached hydrogens (tertiary/aromatic N) is 1.